The lowest BCUT2D eigenvalue weighted by atomic mass is 10.2. The first kappa shape index (κ1) is 11.4. The van der Waals surface area contributed by atoms with E-state index < -0.39 is 0 Å². The lowest BCUT2D eigenvalue weighted by Crippen LogP contribution is -2.15. The quantitative estimate of drug-likeness (QED) is 0.839. The van der Waals surface area contributed by atoms with Crippen LogP contribution in [-0.2, 0) is 13.6 Å². The number of rotatable bonds is 3. The summed E-state index contributed by atoms with van der Waals surface area (Å²) < 4.78 is 1.55. The van der Waals surface area contributed by atoms with E-state index >= 15 is 0 Å². The fourth-order valence-electron chi connectivity index (χ4n) is 1.72. The molecule has 0 amide bonds. The summed E-state index contributed by atoms with van der Waals surface area (Å²) in [6.45, 7) is 4.67. The van der Waals surface area contributed by atoms with Gasteiger partial charge in [-0.25, -0.2) is 0 Å². The van der Waals surface area contributed by atoms with E-state index in [-0.39, 0.29) is 5.56 Å². The van der Waals surface area contributed by atoms with E-state index in [1.165, 1.54) is 5.56 Å². The topological polar surface area (TPSA) is 62.7 Å². The van der Waals surface area contributed by atoms with E-state index in [0.717, 1.165) is 17.1 Å². The number of nitrogens with zero attached hydrogens (tertiary/aromatic N) is 2. The molecule has 0 radical (unpaired) electrons. The molecule has 0 bridgehead atoms. The third-order valence-electron chi connectivity index (χ3n) is 2.84. The first-order valence-electron chi connectivity index (χ1n) is 5.49. The molecular formula is C12H16N4O. The number of nitrogens with one attached hydrogen (secondary N) is 2. The molecular weight excluding hydrogens is 216 g/mol. The molecule has 5 nitrogen and oxygen atoms in total. The number of pyridine rings is 1. The predicted molar refractivity (Wildman–Crippen MR) is 67.1 cm³/mol. The van der Waals surface area contributed by atoms with Gasteiger partial charge in [0.25, 0.3) is 0 Å². The molecule has 0 aliphatic carbocycles. The summed E-state index contributed by atoms with van der Waals surface area (Å²) in [7, 11) is 1.74. The van der Waals surface area contributed by atoms with Gasteiger partial charge in [-0.2, -0.15) is 5.10 Å². The Hall–Kier alpha value is -2.04. The van der Waals surface area contributed by atoms with Crippen molar-refractivity contribution in [1.29, 1.82) is 0 Å². The number of aromatic nitrogens is 3. The second-order valence-corrected chi connectivity index (χ2v) is 4.13. The van der Waals surface area contributed by atoms with Crippen LogP contribution in [0.2, 0.25) is 0 Å². The van der Waals surface area contributed by atoms with Gasteiger partial charge in [-0.1, -0.05) is 0 Å². The second-order valence-electron chi connectivity index (χ2n) is 4.13. The summed E-state index contributed by atoms with van der Waals surface area (Å²) in [5.74, 6) is 0. The maximum Gasteiger partial charge on any atom is 0.250 e. The molecule has 0 spiro atoms. The lowest BCUT2D eigenvalue weighted by Gasteiger charge is -2.07. The van der Waals surface area contributed by atoms with Crippen molar-refractivity contribution in [2.45, 2.75) is 20.4 Å². The first-order chi connectivity index (χ1) is 8.08. The highest BCUT2D eigenvalue weighted by atomic mass is 16.1. The van der Waals surface area contributed by atoms with E-state index in [0.29, 0.717) is 6.54 Å². The number of hydrogen-bond donors (Lipinski definition) is 2. The summed E-state index contributed by atoms with van der Waals surface area (Å²) in [6, 6.07) is 3.34. The Labute approximate surface area is 99.5 Å². The molecule has 2 aromatic heterocycles. The number of H-pyrrole nitrogens is 1. The van der Waals surface area contributed by atoms with Crippen LogP contribution in [0.25, 0.3) is 0 Å². The van der Waals surface area contributed by atoms with E-state index in [1.807, 2.05) is 13.8 Å². The third kappa shape index (κ3) is 2.38. The largest absolute Gasteiger partial charge is 0.380 e. The number of aryl methyl sites for hydroxylation is 3. The van der Waals surface area contributed by atoms with Crippen molar-refractivity contribution in [3.05, 3.63) is 45.6 Å². The van der Waals surface area contributed by atoms with Gasteiger partial charge in [-0.05, 0) is 19.9 Å². The van der Waals surface area contributed by atoms with E-state index in [4.69, 9.17) is 0 Å². The van der Waals surface area contributed by atoms with E-state index in [9.17, 15) is 4.79 Å². The van der Waals surface area contributed by atoms with Crippen LogP contribution in [0.4, 0.5) is 5.69 Å². The lowest BCUT2D eigenvalue weighted by molar-refractivity contribution is 0.859. The Kier molecular flexibility index (Phi) is 2.99. The van der Waals surface area contributed by atoms with Crippen LogP contribution in [0.3, 0.4) is 0 Å². The molecule has 0 saturated carbocycles. The van der Waals surface area contributed by atoms with Crippen molar-refractivity contribution in [3.8, 4) is 0 Å². The van der Waals surface area contributed by atoms with Gasteiger partial charge in [0.2, 0.25) is 5.56 Å². The van der Waals surface area contributed by atoms with Gasteiger partial charge in [0, 0.05) is 37.1 Å². The Bertz CT molecular complexity index is 563. The number of aromatic amines is 1. The molecule has 0 atom stereocenters. The Morgan fingerprint density at radius 1 is 1.41 bits per heavy atom. The molecule has 0 fully saturated rings. The minimum atomic E-state index is -0.00813. The average Bonchev–Trinajstić information content (AvgIpc) is 2.61. The van der Waals surface area contributed by atoms with Crippen LogP contribution >= 0.6 is 0 Å². The predicted octanol–water partition coefficient (Wildman–Crippen LogP) is 1.34. The van der Waals surface area contributed by atoms with E-state index in [2.05, 4.69) is 15.5 Å². The minimum Gasteiger partial charge on any atom is -0.380 e. The molecule has 2 heterocycles. The Balaban J connectivity index is 2.12. The molecule has 90 valence electrons. The highest BCUT2D eigenvalue weighted by Crippen LogP contribution is 2.12. The van der Waals surface area contributed by atoms with Gasteiger partial charge in [-0.15, -0.1) is 0 Å². The molecule has 0 aliphatic rings. The minimum absolute atomic E-state index is 0.00813. The van der Waals surface area contributed by atoms with Gasteiger partial charge in [0.15, 0.2) is 0 Å². The van der Waals surface area contributed by atoms with E-state index in [1.54, 1.807) is 29.9 Å². The smallest absolute Gasteiger partial charge is 0.250 e. The standard InChI is InChI=1S/C12H16N4O/c1-8-11(9(2)15-14-8)6-13-10-4-5-12(17)16(3)7-10/h4-5,7,13H,6H2,1-3H3,(H,14,15). The van der Waals surface area contributed by atoms with Gasteiger partial charge in [-0.3, -0.25) is 9.89 Å². The van der Waals surface area contributed by atoms with Crippen molar-refractivity contribution >= 4 is 5.69 Å². The molecule has 2 rings (SSSR count). The van der Waals surface area contributed by atoms with Gasteiger partial charge in [0.1, 0.15) is 0 Å². The van der Waals surface area contributed by atoms with Crippen molar-refractivity contribution in [3.63, 3.8) is 0 Å². The monoisotopic (exact) mass is 232 g/mol. The molecule has 0 aromatic carbocycles. The van der Waals surface area contributed by atoms with Crippen LogP contribution in [0.1, 0.15) is 17.0 Å². The van der Waals surface area contributed by atoms with Gasteiger partial charge < -0.3 is 9.88 Å². The van der Waals surface area contributed by atoms with Crippen molar-refractivity contribution in [2.75, 3.05) is 5.32 Å². The molecule has 0 saturated heterocycles. The Morgan fingerprint density at radius 3 is 2.76 bits per heavy atom. The third-order valence-corrected chi connectivity index (χ3v) is 2.84. The molecule has 5 heteroatoms. The van der Waals surface area contributed by atoms with Crippen LogP contribution < -0.4 is 10.9 Å². The summed E-state index contributed by atoms with van der Waals surface area (Å²) in [4.78, 5) is 11.2. The summed E-state index contributed by atoms with van der Waals surface area (Å²) in [5, 5.41) is 10.4. The zero-order chi connectivity index (χ0) is 12.4. The van der Waals surface area contributed by atoms with Crippen molar-refractivity contribution in [2.24, 2.45) is 7.05 Å². The molecule has 2 aromatic rings. The van der Waals surface area contributed by atoms with Crippen LogP contribution in [0.15, 0.2) is 23.1 Å². The van der Waals surface area contributed by atoms with Crippen LogP contribution in [0.5, 0.6) is 0 Å². The molecule has 2 N–H and O–H groups in total. The van der Waals surface area contributed by atoms with Crippen molar-refractivity contribution in [1.82, 2.24) is 14.8 Å². The van der Waals surface area contributed by atoms with Crippen LogP contribution in [0, 0.1) is 13.8 Å². The average molecular weight is 232 g/mol. The normalized spacial score (nSPS) is 10.5. The Morgan fingerprint density at radius 2 is 2.18 bits per heavy atom. The zero-order valence-corrected chi connectivity index (χ0v) is 10.2. The summed E-state index contributed by atoms with van der Waals surface area (Å²) in [6.07, 6.45) is 1.78. The first-order valence-corrected chi connectivity index (χ1v) is 5.49. The fourth-order valence-corrected chi connectivity index (χ4v) is 1.72. The maximum atomic E-state index is 11.2. The zero-order valence-electron chi connectivity index (χ0n) is 10.2. The number of anilines is 1. The number of hydrogen-bond acceptors (Lipinski definition) is 3. The van der Waals surface area contributed by atoms with Crippen molar-refractivity contribution < 1.29 is 0 Å². The highest BCUT2D eigenvalue weighted by molar-refractivity contribution is 5.41. The molecule has 17 heavy (non-hydrogen) atoms. The SMILES string of the molecule is Cc1n[nH]c(C)c1CNc1ccc(=O)n(C)c1. The van der Waals surface area contributed by atoms with Crippen LogP contribution in [-0.4, -0.2) is 14.8 Å². The highest BCUT2D eigenvalue weighted by Gasteiger charge is 2.05. The van der Waals surface area contributed by atoms with Gasteiger partial charge in [0.05, 0.1) is 11.4 Å². The van der Waals surface area contributed by atoms with Gasteiger partial charge >= 0.3 is 0 Å². The molecule has 0 unspecified atom stereocenters. The summed E-state index contributed by atoms with van der Waals surface area (Å²) in [5.41, 5.74) is 4.15. The fraction of sp³-hybridized carbons (Fsp3) is 0.333. The second kappa shape index (κ2) is 4.45. The summed E-state index contributed by atoms with van der Waals surface area (Å²) >= 11 is 0. The molecule has 0 aliphatic heterocycles. The maximum absolute atomic E-state index is 11.2.